The number of likely N-dealkylation sites (tertiary alicyclic amines) is 1. The summed E-state index contributed by atoms with van der Waals surface area (Å²) in [7, 11) is 0. The average molecular weight is 318 g/mol. The van der Waals surface area contributed by atoms with Gasteiger partial charge in [0.1, 0.15) is 11.9 Å². The molecule has 0 bridgehead atoms. The van der Waals surface area contributed by atoms with Gasteiger partial charge in [0, 0.05) is 39.0 Å². The Kier molecular flexibility index (Phi) is 5.51. The number of nitrogens with zero attached hydrogens (tertiary/aromatic N) is 2. The van der Waals surface area contributed by atoms with Crippen LogP contribution in [0, 0.1) is 6.92 Å². The van der Waals surface area contributed by atoms with Crippen molar-refractivity contribution in [3.8, 4) is 5.75 Å². The number of piperidine rings is 1. The molecule has 1 aromatic rings. The SMILES string of the molecule is Cc1ccc(OC2CCN(C(=O)CN3CCOCC3)CC2)cc1. The van der Waals surface area contributed by atoms with Crippen LogP contribution in [0.4, 0.5) is 0 Å². The lowest BCUT2D eigenvalue weighted by Gasteiger charge is -2.34. The summed E-state index contributed by atoms with van der Waals surface area (Å²) in [4.78, 5) is 16.5. The number of morpholine rings is 1. The maximum atomic E-state index is 12.4. The highest BCUT2D eigenvalue weighted by Crippen LogP contribution is 2.19. The summed E-state index contributed by atoms with van der Waals surface area (Å²) >= 11 is 0. The molecular formula is C18H26N2O3. The molecule has 2 fully saturated rings. The summed E-state index contributed by atoms with van der Waals surface area (Å²) in [5.41, 5.74) is 1.24. The normalized spacial score (nSPS) is 20.5. The van der Waals surface area contributed by atoms with Gasteiger partial charge in [-0.3, -0.25) is 9.69 Å². The van der Waals surface area contributed by atoms with E-state index in [2.05, 4.69) is 24.0 Å². The van der Waals surface area contributed by atoms with Crippen molar-refractivity contribution in [2.24, 2.45) is 0 Å². The van der Waals surface area contributed by atoms with Crippen LogP contribution < -0.4 is 4.74 Å². The minimum absolute atomic E-state index is 0.213. The summed E-state index contributed by atoms with van der Waals surface area (Å²) in [5.74, 6) is 1.16. The number of rotatable bonds is 4. The number of carbonyl (C=O) groups excluding carboxylic acids is 1. The topological polar surface area (TPSA) is 42.0 Å². The van der Waals surface area contributed by atoms with E-state index < -0.39 is 0 Å². The molecule has 0 N–H and O–H groups in total. The molecule has 2 saturated heterocycles. The van der Waals surface area contributed by atoms with Gasteiger partial charge in [-0.05, 0) is 19.1 Å². The van der Waals surface area contributed by atoms with E-state index in [1.54, 1.807) is 0 Å². The first-order valence-corrected chi connectivity index (χ1v) is 8.52. The van der Waals surface area contributed by atoms with E-state index in [0.717, 1.165) is 58.0 Å². The van der Waals surface area contributed by atoms with E-state index in [1.165, 1.54) is 5.56 Å². The Balaban J connectivity index is 1.42. The molecule has 2 heterocycles. The van der Waals surface area contributed by atoms with Crippen LogP contribution in [-0.2, 0) is 9.53 Å². The summed E-state index contributed by atoms with van der Waals surface area (Å²) in [6.45, 7) is 7.37. The third kappa shape index (κ3) is 4.69. The second kappa shape index (κ2) is 7.79. The lowest BCUT2D eigenvalue weighted by Crippen LogP contribution is -2.48. The molecule has 23 heavy (non-hydrogen) atoms. The molecule has 1 aromatic carbocycles. The Bertz CT molecular complexity index is 504. The maximum absolute atomic E-state index is 12.4. The van der Waals surface area contributed by atoms with Crippen LogP contribution >= 0.6 is 0 Å². The van der Waals surface area contributed by atoms with Crippen LogP contribution in [0.25, 0.3) is 0 Å². The molecule has 0 aromatic heterocycles. The van der Waals surface area contributed by atoms with Crippen LogP contribution in [-0.4, -0.2) is 67.7 Å². The van der Waals surface area contributed by atoms with Gasteiger partial charge in [-0.15, -0.1) is 0 Å². The fourth-order valence-corrected chi connectivity index (χ4v) is 3.08. The Morgan fingerprint density at radius 3 is 2.43 bits per heavy atom. The Labute approximate surface area is 138 Å². The first-order chi connectivity index (χ1) is 11.2. The lowest BCUT2D eigenvalue weighted by atomic mass is 10.1. The van der Waals surface area contributed by atoms with E-state index in [9.17, 15) is 4.79 Å². The van der Waals surface area contributed by atoms with Crippen molar-refractivity contribution in [1.29, 1.82) is 0 Å². The summed E-state index contributed by atoms with van der Waals surface area (Å²) < 4.78 is 11.3. The monoisotopic (exact) mass is 318 g/mol. The van der Waals surface area contributed by atoms with Crippen molar-refractivity contribution in [2.45, 2.75) is 25.9 Å². The molecule has 0 aliphatic carbocycles. The van der Waals surface area contributed by atoms with Crippen molar-refractivity contribution in [3.63, 3.8) is 0 Å². The van der Waals surface area contributed by atoms with Crippen LogP contribution in [0.2, 0.25) is 0 Å². The van der Waals surface area contributed by atoms with Crippen molar-refractivity contribution >= 4 is 5.91 Å². The van der Waals surface area contributed by atoms with E-state index in [-0.39, 0.29) is 12.0 Å². The predicted molar refractivity (Wildman–Crippen MR) is 88.7 cm³/mol. The second-order valence-electron chi connectivity index (χ2n) is 6.40. The highest BCUT2D eigenvalue weighted by molar-refractivity contribution is 5.78. The molecule has 0 radical (unpaired) electrons. The molecule has 126 valence electrons. The van der Waals surface area contributed by atoms with Gasteiger partial charge in [0.15, 0.2) is 0 Å². The van der Waals surface area contributed by atoms with Crippen molar-refractivity contribution < 1.29 is 14.3 Å². The first kappa shape index (κ1) is 16.3. The molecule has 3 rings (SSSR count). The minimum atomic E-state index is 0.213. The number of aryl methyl sites for hydroxylation is 1. The van der Waals surface area contributed by atoms with Gasteiger partial charge < -0.3 is 14.4 Å². The molecule has 1 amide bonds. The van der Waals surface area contributed by atoms with E-state index >= 15 is 0 Å². The standard InChI is InChI=1S/C18H26N2O3/c1-15-2-4-16(5-3-15)23-17-6-8-20(9-7-17)18(21)14-19-10-12-22-13-11-19/h2-5,17H,6-14H2,1H3. The predicted octanol–water partition coefficient (Wildman–Crippen LogP) is 1.70. The van der Waals surface area contributed by atoms with Crippen LogP contribution in [0.3, 0.4) is 0 Å². The highest BCUT2D eigenvalue weighted by atomic mass is 16.5. The number of benzene rings is 1. The fourth-order valence-electron chi connectivity index (χ4n) is 3.08. The molecular weight excluding hydrogens is 292 g/mol. The quantitative estimate of drug-likeness (QED) is 0.847. The van der Waals surface area contributed by atoms with E-state index in [4.69, 9.17) is 9.47 Å². The fraction of sp³-hybridized carbons (Fsp3) is 0.611. The van der Waals surface area contributed by atoms with Crippen LogP contribution in [0.5, 0.6) is 5.75 Å². The van der Waals surface area contributed by atoms with E-state index in [0.29, 0.717) is 6.54 Å². The van der Waals surface area contributed by atoms with Gasteiger partial charge >= 0.3 is 0 Å². The Morgan fingerprint density at radius 2 is 1.78 bits per heavy atom. The molecule has 0 atom stereocenters. The summed E-state index contributed by atoms with van der Waals surface area (Å²) in [5, 5.41) is 0. The molecule has 5 nitrogen and oxygen atoms in total. The number of amides is 1. The third-order valence-electron chi connectivity index (χ3n) is 4.58. The zero-order valence-corrected chi connectivity index (χ0v) is 13.9. The maximum Gasteiger partial charge on any atom is 0.236 e. The van der Waals surface area contributed by atoms with Crippen molar-refractivity contribution in [1.82, 2.24) is 9.80 Å². The van der Waals surface area contributed by atoms with Gasteiger partial charge in [-0.2, -0.15) is 0 Å². The highest BCUT2D eigenvalue weighted by Gasteiger charge is 2.25. The molecule has 2 aliphatic rings. The number of hydrogen-bond donors (Lipinski definition) is 0. The van der Waals surface area contributed by atoms with Gasteiger partial charge in [0.05, 0.1) is 19.8 Å². The zero-order chi connectivity index (χ0) is 16.1. The molecule has 0 spiro atoms. The largest absolute Gasteiger partial charge is 0.490 e. The third-order valence-corrected chi connectivity index (χ3v) is 4.58. The molecule has 0 saturated carbocycles. The molecule has 2 aliphatic heterocycles. The number of carbonyl (C=O) groups is 1. The average Bonchev–Trinajstić information content (AvgIpc) is 2.58. The zero-order valence-electron chi connectivity index (χ0n) is 13.9. The van der Waals surface area contributed by atoms with Crippen LogP contribution in [0.1, 0.15) is 18.4 Å². The molecule has 5 heteroatoms. The minimum Gasteiger partial charge on any atom is -0.490 e. The van der Waals surface area contributed by atoms with Crippen molar-refractivity contribution in [3.05, 3.63) is 29.8 Å². The molecule has 0 unspecified atom stereocenters. The number of ether oxygens (including phenoxy) is 2. The Morgan fingerprint density at radius 1 is 1.13 bits per heavy atom. The second-order valence-corrected chi connectivity index (χ2v) is 6.40. The van der Waals surface area contributed by atoms with Gasteiger partial charge in [0.2, 0.25) is 5.91 Å². The van der Waals surface area contributed by atoms with Gasteiger partial charge in [0.25, 0.3) is 0 Å². The smallest absolute Gasteiger partial charge is 0.236 e. The summed E-state index contributed by atoms with van der Waals surface area (Å²) in [6.07, 6.45) is 2.02. The summed E-state index contributed by atoms with van der Waals surface area (Å²) in [6, 6.07) is 8.17. The number of hydrogen-bond acceptors (Lipinski definition) is 4. The van der Waals surface area contributed by atoms with Crippen LogP contribution in [0.15, 0.2) is 24.3 Å². The lowest BCUT2D eigenvalue weighted by molar-refractivity contribution is -0.135. The van der Waals surface area contributed by atoms with Gasteiger partial charge in [-0.25, -0.2) is 0 Å². The van der Waals surface area contributed by atoms with Gasteiger partial charge in [-0.1, -0.05) is 17.7 Å². The van der Waals surface area contributed by atoms with Crippen molar-refractivity contribution in [2.75, 3.05) is 45.9 Å². The van der Waals surface area contributed by atoms with E-state index in [1.807, 2.05) is 17.0 Å². The Hall–Kier alpha value is -1.59. The first-order valence-electron chi connectivity index (χ1n) is 8.52.